The predicted octanol–water partition coefficient (Wildman–Crippen LogP) is 3.52. The molecule has 2 heterocycles. The molecular formula is C24H26N4O3. The molecule has 0 radical (unpaired) electrons. The van der Waals surface area contributed by atoms with Gasteiger partial charge in [-0.1, -0.05) is 30.3 Å². The second-order valence-electron chi connectivity index (χ2n) is 7.88. The zero-order valence-corrected chi connectivity index (χ0v) is 17.6. The minimum atomic E-state index is -0.596. The lowest BCUT2D eigenvalue weighted by Crippen LogP contribution is -2.38. The van der Waals surface area contributed by atoms with Crippen LogP contribution in [0.2, 0.25) is 0 Å². The number of para-hydroxylation sites is 1. The molecule has 0 bridgehead atoms. The number of urea groups is 1. The van der Waals surface area contributed by atoms with Crippen LogP contribution in [0.4, 0.5) is 16.2 Å². The third kappa shape index (κ3) is 4.77. The highest BCUT2D eigenvalue weighted by Crippen LogP contribution is 2.22. The van der Waals surface area contributed by atoms with Gasteiger partial charge in [0.05, 0.1) is 0 Å². The average Bonchev–Trinajstić information content (AvgIpc) is 3.04. The topological polar surface area (TPSA) is 81.8 Å². The van der Waals surface area contributed by atoms with Gasteiger partial charge in [-0.25, -0.2) is 9.69 Å². The molecule has 0 unspecified atom stereocenters. The van der Waals surface area contributed by atoms with Crippen molar-refractivity contribution >= 4 is 35.3 Å². The number of hydrogen-bond acceptors (Lipinski definition) is 4. The van der Waals surface area contributed by atoms with Crippen molar-refractivity contribution < 1.29 is 14.4 Å². The second-order valence-corrected chi connectivity index (χ2v) is 7.88. The van der Waals surface area contributed by atoms with E-state index in [0.717, 1.165) is 34.8 Å². The first-order valence-electron chi connectivity index (χ1n) is 10.6. The lowest BCUT2D eigenvalue weighted by molar-refractivity contribution is -0.127. The molecule has 0 spiro atoms. The van der Waals surface area contributed by atoms with Crippen LogP contribution in [0.3, 0.4) is 0 Å². The van der Waals surface area contributed by atoms with Gasteiger partial charge in [-0.3, -0.25) is 9.59 Å². The number of imide groups is 1. The van der Waals surface area contributed by atoms with Gasteiger partial charge in [-0.2, -0.15) is 0 Å². The molecule has 4 rings (SSSR count). The van der Waals surface area contributed by atoms with Crippen LogP contribution in [0, 0.1) is 6.92 Å². The van der Waals surface area contributed by atoms with E-state index < -0.39 is 17.8 Å². The van der Waals surface area contributed by atoms with E-state index in [9.17, 15) is 14.4 Å². The summed E-state index contributed by atoms with van der Waals surface area (Å²) in [4.78, 5) is 40.6. The van der Waals surface area contributed by atoms with Gasteiger partial charge in [0.2, 0.25) is 5.91 Å². The summed E-state index contributed by atoms with van der Waals surface area (Å²) in [6.45, 7) is 3.66. The molecule has 2 aliphatic heterocycles. The minimum absolute atomic E-state index is 0.166. The van der Waals surface area contributed by atoms with Gasteiger partial charge in [-0.05, 0) is 61.6 Å². The highest BCUT2D eigenvalue weighted by molar-refractivity contribution is 6.16. The number of nitrogens with one attached hydrogen (secondary N) is 2. The molecule has 0 aromatic heterocycles. The maximum Gasteiger partial charge on any atom is 0.329 e. The number of aryl methyl sites for hydroxylation is 1. The predicted molar refractivity (Wildman–Crippen MR) is 121 cm³/mol. The Hall–Kier alpha value is -3.61. The molecule has 2 aliphatic rings. The van der Waals surface area contributed by atoms with Crippen LogP contribution in [0.1, 0.15) is 30.4 Å². The van der Waals surface area contributed by atoms with Crippen molar-refractivity contribution in [3.63, 3.8) is 0 Å². The summed E-state index contributed by atoms with van der Waals surface area (Å²) >= 11 is 0. The lowest BCUT2D eigenvalue weighted by atomic mass is 10.1. The molecule has 160 valence electrons. The first kappa shape index (κ1) is 20.7. The summed E-state index contributed by atoms with van der Waals surface area (Å²) in [6, 6.07) is 14.7. The number of nitrogens with zero attached hydrogens (tertiary/aromatic N) is 2. The molecular weight excluding hydrogens is 392 g/mol. The molecule has 31 heavy (non-hydrogen) atoms. The summed E-state index contributed by atoms with van der Waals surface area (Å²) in [5.41, 5.74) is 3.71. The summed E-state index contributed by atoms with van der Waals surface area (Å²) in [5.74, 6) is -0.935. The normalized spacial score (nSPS) is 17.8. The fourth-order valence-electron chi connectivity index (χ4n) is 3.86. The van der Waals surface area contributed by atoms with Crippen LogP contribution >= 0.6 is 0 Å². The number of piperidine rings is 1. The second kappa shape index (κ2) is 9.04. The van der Waals surface area contributed by atoms with Gasteiger partial charge in [0.25, 0.3) is 5.91 Å². The zero-order valence-electron chi connectivity index (χ0n) is 17.6. The summed E-state index contributed by atoms with van der Waals surface area (Å²) in [5, 5.41) is 5.31. The summed E-state index contributed by atoms with van der Waals surface area (Å²) in [6.07, 6.45) is 5.33. The molecule has 0 saturated carbocycles. The van der Waals surface area contributed by atoms with Gasteiger partial charge in [0.15, 0.2) is 0 Å². The van der Waals surface area contributed by atoms with Crippen LogP contribution in [0.5, 0.6) is 0 Å². The molecule has 0 atom stereocenters. The van der Waals surface area contributed by atoms with E-state index in [-0.39, 0.29) is 12.2 Å². The van der Waals surface area contributed by atoms with Gasteiger partial charge in [-0.15, -0.1) is 0 Å². The van der Waals surface area contributed by atoms with Crippen LogP contribution < -0.4 is 15.5 Å². The van der Waals surface area contributed by atoms with Crippen molar-refractivity contribution in [1.82, 2.24) is 10.2 Å². The number of hydrogen-bond donors (Lipinski definition) is 2. The van der Waals surface area contributed by atoms with Crippen molar-refractivity contribution in [2.45, 2.75) is 26.2 Å². The monoisotopic (exact) mass is 418 g/mol. The van der Waals surface area contributed by atoms with E-state index in [1.807, 2.05) is 49.4 Å². The van der Waals surface area contributed by atoms with Crippen molar-refractivity contribution in [3.8, 4) is 0 Å². The quantitative estimate of drug-likeness (QED) is 0.575. The number of benzene rings is 2. The van der Waals surface area contributed by atoms with Gasteiger partial charge in [0, 0.05) is 24.5 Å². The summed E-state index contributed by atoms with van der Waals surface area (Å²) < 4.78 is 0. The Labute approximate surface area is 181 Å². The van der Waals surface area contributed by atoms with E-state index >= 15 is 0 Å². The fraction of sp³-hybridized carbons (Fsp3) is 0.292. The molecule has 2 saturated heterocycles. The van der Waals surface area contributed by atoms with Crippen LogP contribution in [0.25, 0.3) is 6.08 Å². The smallest absolute Gasteiger partial charge is 0.329 e. The highest BCUT2D eigenvalue weighted by Gasteiger charge is 2.34. The largest absolute Gasteiger partial charge is 0.372 e. The van der Waals surface area contributed by atoms with Gasteiger partial charge in [0.1, 0.15) is 12.2 Å². The third-order valence-electron chi connectivity index (χ3n) is 5.61. The Bertz CT molecular complexity index is 1020. The lowest BCUT2D eigenvalue weighted by Gasteiger charge is -2.28. The first-order chi connectivity index (χ1) is 15.0. The Morgan fingerprint density at radius 3 is 2.45 bits per heavy atom. The molecule has 2 aromatic carbocycles. The fourth-order valence-corrected chi connectivity index (χ4v) is 3.86. The van der Waals surface area contributed by atoms with Crippen LogP contribution in [0.15, 0.2) is 54.2 Å². The van der Waals surface area contributed by atoms with E-state index in [1.165, 1.54) is 19.3 Å². The van der Waals surface area contributed by atoms with Gasteiger partial charge < -0.3 is 15.5 Å². The van der Waals surface area contributed by atoms with E-state index in [1.54, 1.807) is 12.1 Å². The first-order valence-corrected chi connectivity index (χ1v) is 10.6. The minimum Gasteiger partial charge on any atom is -0.372 e. The Kier molecular flexibility index (Phi) is 6.02. The molecule has 7 heteroatoms. The van der Waals surface area contributed by atoms with E-state index in [4.69, 9.17) is 0 Å². The average molecular weight is 418 g/mol. The number of carbonyl (C=O) groups excluding carboxylic acids is 3. The van der Waals surface area contributed by atoms with Crippen molar-refractivity contribution in [3.05, 3.63) is 65.4 Å². The molecule has 7 nitrogen and oxygen atoms in total. The van der Waals surface area contributed by atoms with Crippen molar-refractivity contribution in [2.24, 2.45) is 0 Å². The number of rotatable bonds is 5. The molecule has 2 fully saturated rings. The standard InChI is InChI=1S/C24H26N4O3/c1-17-7-3-4-8-20(17)25-22(29)16-28-23(30)21(26-24(28)31)15-18-9-11-19(12-10-18)27-13-5-2-6-14-27/h3-4,7-12,15H,2,5-6,13-14,16H2,1H3,(H,25,29)(H,26,31). The Morgan fingerprint density at radius 2 is 1.74 bits per heavy atom. The molecule has 2 aromatic rings. The van der Waals surface area contributed by atoms with Crippen LogP contribution in [-0.2, 0) is 9.59 Å². The zero-order chi connectivity index (χ0) is 21.8. The third-order valence-corrected chi connectivity index (χ3v) is 5.61. The number of amides is 4. The Balaban J connectivity index is 1.41. The SMILES string of the molecule is Cc1ccccc1NC(=O)CN1C(=O)NC(=Cc2ccc(N3CCCCC3)cc2)C1=O. The van der Waals surface area contributed by atoms with Crippen LogP contribution in [-0.4, -0.2) is 42.4 Å². The van der Waals surface area contributed by atoms with E-state index in [0.29, 0.717) is 5.69 Å². The highest BCUT2D eigenvalue weighted by atomic mass is 16.2. The summed E-state index contributed by atoms with van der Waals surface area (Å²) in [7, 11) is 0. The molecule has 4 amide bonds. The molecule has 2 N–H and O–H groups in total. The molecule has 0 aliphatic carbocycles. The number of carbonyl (C=O) groups is 3. The van der Waals surface area contributed by atoms with Crippen molar-refractivity contribution in [1.29, 1.82) is 0 Å². The maximum absolute atomic E-state index is 12.7. The maximum atomic E-state index is 12.7. The van der Waals surface area contributed by atoms with Crippen molar-refractivity contribution in [2.75, 3.05) is 29.9 Å². The van der Waals surface area contributed by atoms with Gasteiger partial charge >= 0.3 is 6.03 Å². The number of anilines is 2. The Morgan fingerprint density at radius 1 is 1.03 bits per heavy atom. The van der Waals surface area contributed by atoms with E-state index in [2.05, 4.69) is 15.5 Å².